The number of rotatable bonds is 14. The Balaban J connectivity index is 1.84. The molecule has 0 saturated heterocycles. The fourth-order valence-corrected chi connectivity index (χ4v) is 5.18. The summed E-state index contributed by atoms with van der Waals surface area (Å²) in [5, 5.41) is 1.95. The summed E-state index contributed by atoms with van der Waals surface area (Å²) < 4.78 is 55.7. The van der Waals surface area contributed by atoms with Crippen LogP contribution in [-0.2, 0) is 28.7 Å². The summed E-state index contributed by atoms with van der Waals surface area (Å²) >= 11 is 1.54. The molecular weight excluding hydrogens is 557 g/mol. The first-order valence-electron chi connectivity index (χ1n) is 13.0. The molecule has 222 valence electrons. The normalized spacial score (nSPS) is 11.3. The maximum atomic E-state index is 13.7. The van der Waals surface area contributed by atoms with E-state index in [4.69, 9.17) is 14.2 Å². The molecule has 11 heteroatoms. The molecule has 0 bridgehead atoms. The second kappa shape index (κ2) is 14.9. The Bertz CT molecular complexity index is 1310. The number of amides is 2. The largest absolute Gasteiger partial charge is 0.493 e. The van der Waals surface area contributed by atoms with Gasteiger partial charge in [0.25, 0.3) is 5.91 Å². The third kappa shape index (κ3) is 8.96. The van der Waals surface area contributed by atoms with Gasteiger partial charge in [0.05, 0.1) is 26.3 Å². The summed E-state index contributed by atoms with van der Waals surface area (Å²) in [6.45, 7) is 2.87. The van der Waals surface area contributed by atoms with E-state index in [1.54, 1.807) is 25.2 Å². The second-order valence-corrected chi connectivity index (χ2v) is 10.4. The van der Waals surface area contributed by atoms with Gasteiger partial charge in [0.1, 0.15) is 6.54 Å². The molecule has 1 aromatic heterocycles. The molecule has 3 aromatic rings. The first kappa shape index (κ1) is 32.0. The molecule has 2 amide bonds. The first-order valence-corrected chi connectivity index (χ1v) is 13.9. The van der Waals surface area contributed by atoms with Gasteiger partial charge < -0.3 is 24.0 Å². The van der Waals surface area contributed by atoms with Gasteiger partial charge in [-0.15, -0.1) is 11.3 Å². The molecule has 3 rings (SSSR count). The number of alkyl halides is 3. The fraction of sp³-hybridized carbons (Fsp3) is 0.400. The summed E-state index contributed by atoms with van der Waals surface area (Å²) in [4.78, 5) is 31.1. The van der Waals surface area contributed by atoms with Crippen molar-refractivity contribution < 1.29 is 37.0 Å². The van der Waals surface area contributed by atoms with Crippen LogP contribution in [0.25, 0.3) is 0 Å². The van der Waals surface area contributed by atoms with Crippen LogP contribution in [0.1, 0.15) is 38.3 Å². The zero-order chi connectivity index (χ0) is 30.0. The van der Waals surface area contributed by atoms with Crippen LogP contribution < -0.4 is 9.47 Å². The highest BCUT2D eigenvalue weighted by molar-refractivity contribution is 7.10. The van der Waals surface area contributed by atoms with Crippen LogP contribution in [0.4, 0.5) is 13.2 Å². The van der Waals surface area contributed by atoms with Crippen molar-refractivity contribution in [3.63, 3.8) is 0 Å². The topological polar surface area (TPSA) is 68.3 Å². The number of benzene rings is 2. The Labute approximate surface area is 242 Å². The Morgan fingerprint density at radius 1 is 0.927 bits per heavy atom. The SMILES string of the molecule is COCCCN(CC(=O)N(CCc1ccc(OC)c(OC)c1)Cc1sccc1C)C(=O)c1cccc(C(F)(F)F)c1. The molecule has 7 nitrogen and oxygen atoms in total. The van der Waals surface area contributed by atoms with Crippen molar-refractivity contribution in [3.05, 3.63) is 81.0 Å². The van der Waals surface area contributed by atoms with E-state index in [0.29, 0.717) is 44.0 Å². The average molecular weight is 593 g/mol. The van der Waals surface area contributed by atoms with Crippen LogP contribution in [0, 0.1) is 6.92 Å². The number of aryl methyl sites for hydroxylation is 1. The minimum atomic E-state index is -4.59. The molecule has 1 heterocycles. The molecule has 0 unspecified atom stereocenters. The average Bonchev–Trinajstić information content (AvgIpc) is 3.37. The zero-order valence-electron chi connectivity index (χ0n) is 23.6. The predicted molar refractivity (Wildman–Crippen MR) is 152 cm³/mol. The molecule has 0 atom stereocenters. The van der Waals surface area contributed by atoms with E-state index in [9.17, 15) is 22.8 Å². The highest BCUT2D eigenvalue weighted by Gasteiger charge is 2.32. The van der Waals surface area contributed by atoms with Gasteiger partial charge in [-0.05, 0) is 72.7 Å². The standard InChI is InChI=1S/C30H35F3N2O5S/c1-21-12-16-41-27(21)19-34(14-11-22-9-10-25(39-3)26(17-22)40-4)28(36)20-35(13-6-15-38-2)29(37)23-7-5-8-24(18-23)30(31,32)33/h5,7-10,12,16-18H,6,11,13-15,19-20H2,1-4H3. The molecule has 0 aliphatic carbocycles. The van der Waals surface area contributed by atoms with Crippen LogP contribution in [0.15, 0.2) is 53.9 Å². The maximum Gasteiger partial charge on any atom is 0.416 e. The van der Waals surface area contributed by atoms with E-state index in [1.165, 1.54) is 35.5 Å². The first-order chi connectivity index (χ1) is 19.6. The summed E-state index contributed by atoms with van der Waals surface area (Å²) in [5.41, 5.74) is 0.934. The third-order valence-electron chi connectivity index (χ3n) is 6.60. The number of thiophene rings is 1. The van der Waals surface area contributed by atoms with Crippen molar-refractivity contribution in [2.75, 3.05) is 47.6 Å². The van der Waals surface area contributed by atoms with Gasteiger partial charge in [0, 0.05) is 37.2 Å². The lowest BCUT2D eigenvalue weighted by atomic mass is 10.1. The van der Waals surface area contributed by atoms with Gasteiger partial charge in [-0.25, -0.2) is 0 Å². The van der Waals surface area contributed by atoms with Gasteiger partial charge in [-0.3, -0.25) is 9.59 Å². The van der Waals surface area contributed by atoms with Gasteiger partial charge in [-0.1, -0.05) is 12.1 Å². The minimum Gasteiger partial charge on any atom is -0.493 e. The van der Waals surface area contributed by atoms with E-state index in [1.807, 2.05) is 30.5 Å². The van der Waals surface area contributed by atoms with Crippen molar-refractivity contribution in [2.45, 2.75) is 32.5 Å². The monoisotopic (exact) mass is 592 g/mol. The van der Waals surface area contributed by atoms with E-state index < -0.39 is 17.6 Å². The highest BCUT2D eigenvalue weighted by atomic mass is 32.1. The maximum absolute atomic E-state index is 13.7. The number of carbonyl (C=O) groups excluding carboxylic acids is 2. The Morgan fingerprint density at radius 2 is 1.68 bits per heavy atom. The summed E-state index contributed by atoms with van der Waals surface area (Å²) in [6, 6.07) is 11.8. The Morgan fingerprint density at radius 3 is 2.32 bits per heavy atom. The summed E-state index contributed by atoms with van der Waals surface area (Å²) in [6.07, 6.45) is -3.65. The minimum absolute atomic E-state index is 0.129. The lowest BCUT2D eigenvalue weighted by molar-refractivity contribution is -0.137. The summed E-state index contributed by atoms with van der Waals surface area (Å²) in [7, 11) is 4.63. The van der Waals surface area contributed by atoms with Crippen molar-refractivity contribution in [1.29, 1.82) is 0 Å². The molecule has 0 fully saturated rings. The molecule has 2 aromatic carbocycles. The van der Waals surface area contributed by atoms with Gasteiger partial charge in [0.2, 0.25) is 5.91 Å². The van der Waals surface area contributed by atoms with E-state index >= 15 is 0 Å². The van der Waals surface area contributed by atoms with Crippen LogP contribution >= 0.6 is 11.3 Å². The third-order valence-corrected chi connectivity index (χ3v) is 7.61. The molecule has 0 aliphatic rings. The van der Waals surface area contributed by atoms with Gasteiger partial charge in [-0.2, -0.15) is 13.2 Å². The lowest BCUT2D eigenvalue weighted by Gasteiger charge is -2.28. The van der Waals surface area contributed by atoms with Crippen molar-refractivity contribution >= 4 is 23.2 Å². The number of methoxy groups -OCH3 is 3. The van der Waals surface area contributed by atoms with Crippen LogP contribution in [0.5, 0.6) is 11.5 Å². The molecule has 0 N–H and O–H groups in total. The Hall–Kier alpha value is -3.57. The molecular formula is C30H35F3N2O5S. The number of ether oxygens (including phenoxy) is 3. The smallest absolute Gasteiger partial charge is 0.416 e. The number of nitrogens with zero attached hydrogens (tertiary/aromatic N) is 2. The van der Waals surface area contributed by atoms with Crippen LogP contribution in [-0.4, -0.2) is 69.2 Å². The van der Waals surface area contributed by atoms with Crippen molar-refractivity contribution in [3.8, 4) is 11.5 Å². The van der Waals surface area contributed by atoms with Gasteiger partial charge >= 0.3 is 6.18 Å². The molecule has 0 radical (unpaired) electrons. The number of hydrogen-bond donors (Lipinski definition) is 0. The Kier molecular flexibility index (Phi) is 11.6. The molecule has 0 aliphatic heterocycles. The predicted octanol–water partition coefficient (Wildman–Crippen LogP) is 5.84. The van der Waals surface area contributed by atoms with Crippen molar-refractivity contribution in [2.24, 2.45) is 0 Å². The van der Waals surface area contributed by atoms with Gasteiger partial charge in [0.15, 0.2) is 11.5 Å². The number of hydrogen-bond acceptors (Lipinski definition) is 6. The second-order valence-electron chi connectivity index (χ2n) is 9.43. The number of halogens is 3. The van der Waals surface area contributed by atoms with Crippen molar-refractivity contribution in [1.82, 2.24) is 9.80 Å². The van der Waals surface area contributed by atoms with Crippen LogP contribution in [0.2, 0.25) is 0 Å². The fourth-order valence-electron chi connectivity index (χ4n) is 4.26. The lowest BCUT2D eigenvalue weighted by Crippen LogP contribution is -2.44. The highest BCUT2D eigenvalue weighted by Crippen LogP contribution is 2.30. The van der Waals surface area contributed by atoms with E-state index in [2.05, 4.69) is 0 Å². The van der Waals surface area contributed by atoms with E-state index in [-0.39, 0.29) is 24.6 Å². The quantitative estimate of drug-likeness (QED) is 0.220. The molecule has 41 heavy (non-hydrogen) atoms. The molecule has 0 spiro atoms. The number of carbonyl (C=O) groups is 2. The zero-order valence-corrected chi connectivity index (χ0v) is 24.4. The molecule has 0 saturated carbocycles. The van der Waals surface area contributed by atoms with E-state index in [0.717, 1.165) is 28.1 Å². The summed E-state index contributed by atoms with van der Waals surface area (Å²) in [5.74, 6) is 0.217. The van der Waals surface area contributed by atoms with Crippen LogP contribution in [0.3, 0.4) is 0 Å².